The van der Waals surface area contributed by atoms with Crippen molar-refractivity contribution in [1.29, 1.82) is 0 Å². The van der Waals surface area contributed by atoms with Gasteiger partial charge in [0.15, 0.2) is 5.65 Å². The van der Waals surface area contributed by atoms with Gasteiger partial charge in [-0.25, -0.2) is 19.0 Å². The molecule has 160 valence electrons. The number of hydrogen-bond acceptors (Lipinski definition) is 7. The van der Waals surface area contributed by atoms with Crippen molar-refractivity contribution in [2.75, 3.05) is 31.6 Å². The summed E-state index contributed by atoms with van der Waals surface area (Å²) in [5.74, 6) is 0.683. The van der Waals surface area contributed by atoms with Gasteiger partial charge in [-0.1, -0.05) is 0 Å². The molecule has 0 spiro atoms. The molecule has 6 rings (SSSR count). The third-order valence-corrected chi connectivity index (χ3v) is 6.54. The summed E-state index contributed by atoms with van der Waals surface area (Å²) in [6.45, 7) is 3.88. The Morgan fingerprint density at radius 2 is 1.77 bits per heavy atom. The number of rotatable bonds is 4. The van der Waals surface area contributed by atoms with Crippen molar-refractivity contribution in [3.8, 4) is 11.3 Å². The highest BCUT2D eigenvalue weighted by Gasteiger charge is 2.27. The molecule has 0 aromatic carbocycles. The van der Waals surface area contributed by atoms with Crippen molar-refractivity contribution < 1.29 is 4.74 Å². The lowest BCUT2D eigenvalue weighted by molar-refractivity contribution is 0.00790. The first-order chi connectivity index (χ1) is 15.3. The van der Waals surface area contributed by atoms with Crippen LogP contribution in [0.3, 0.4) is 0 Å². The summed E-state index contributed by atoms with van der Waals surface area (Å²) in [5.41, 5.74) is 3.65. The number of imidazole rings is 1. The van der Waals surface area contributed by atoms with Crippen LogP contribution in [0.25, 0.3) is 22.4 Å². The summed E-state index contributed by atoms with van der Waals surface area (Å²) in [6.07, 6.45) is 12.2. The minimum atomic E-state index is 0.426. The number of hydrogen-bond donors (Lipinski definition) is 1. The molecule has 1 N–H and O–H groups in total. The fourth-order valence-electron chi connectivity index (χ4n) is 4.85. The van der Waals surface area contributed by atoms with Crippen LogP contribution in [0, 0.1) is 0 Å². The van der Waals surface area contributed by atoms with E-state index in [-0.39, 0.29) is 0 Å². The number of ether oxygens (including phenoxy) is 1. The maximum absolute atomic E-state index is 5.49. The number of morpholine rings is 1. The van der Waals surface area contributed by atoms with Crippen LogP contribution in [-0.2, 0) is 4.74 Å². The smallest absolute Gasteiger partial charge is 0.241 e. The fraction of sp³-hybridized carbons (Fsp3) is 0.455. The molecular formula is C22H26N8O. The fourth-order valence-corrected chi connectivity index (χ4v) is 4.85. The van der Waals surface area contributed by atoms with E-state index in [1.807, 2.05) is 41.3 Å². The van der Waals surface area contributed by atoms with Crippen molar-refractivity contribution in [2.45, 2.75) is 37.8 Å². The molecule has 0 atom stereocenters. The van der Waals surface area contributed by atoms with Crippen LogP contribution in [0.5, 0.6) is 0 Å². The third-order valence-electron chi connectivity index (χ3n) is 6.54. The van der Waals surface area contributed by atoms with E-state index in [1.54, 1.807) is 10.7 Å². The zero-order valence-corrected chi connectivity index (χ0v) is 17.4. The van der Waals surface area contributed by atoms with Gasteiger partial charge in [0.25, 0.3) is 0 Å². The highest BCUT2D eigenvalue weighted by molar-refractivity contribution is 5.78. The van der Waals surface area contributed by atoms with Crippen LogP contribution in [0.1, 0.15) is 25.7 Å². The topological polar surface area (TPSA) is 84.9 Å². The largest absolute Gasteiger partial charge is 0.379 e. The molecule has 1 aliphatic heterocycles. The lowest BCUT2D eigenvalue weighted by atomic mass is 9.90. The van der Waals surface area contributed by atoms with E-state index < -0.39 is 0 Å². The van der Waals surface area contributed by atoms with Gasteiger partial charge in [0.1, 0.15) is 0 Å². The van der Waals surface area contributed by atoms with Gasteiger partial charge < -0.3 is 10.1 Å². The highest BCUT2D eigenvalue weighted by atomic mass is 16.5. The normalized spacial score (nSPS) is 22.8. The maximum Gasteiger partial charge on any atom is 0.241 e. The van der Waals surface area contributed by atoms with Gasteiger partial charge in [0.05, 0.1) is 30.6 Å². The standard InChI is InChI=1S/C22H26N8O/c1-3-17(28-11-13-31-14-12-28)4-2-16(1)25-22-24-15-20-18(7-9-29(20)27-22)19-5-6-21-23-8-10-30(21)26-19/h5-10,15-17H,1-4,11-14H2,(H,25,27)/t16-,17+. The first kappa shape index (κ1) is 18.7. The van der Waals surface area contributed by atoms with Crippen molar-refractivity contribution >= 4 is 17.1 Å². The average Bonchev–Trinajstić information content (AvgIpc) is 3.46. The van der Waals surface area contributed by atoms with Crippen molar-refractivity contribution in [3.63, 3.8) is 0 Å². The van der Waals surface area contributed by atoms with Crippen LogP contribution in [0.15, 0.2) is 43.0 Å². The molecule has 4 aromatic heterocycles. The number of anilines is 1. The number of aromatic nitrogens is 6. The summed E-state index contributed by atoms with van der Waals surface area (Å²) in [5, 5.41) is 12.9. The molecule has 4 aromatic rings. The van der Waals surface area contributed by atoms with Gasteiger partial charge >= 0.3 is 0 Å². The third kappa shape index (κ3) is 3.64. The van der Waals surface area contributed by atoms with Gasteiger partial charge in [0.2, 0.25) is 5.95 Å². The average molecular weight is 419 g/mol. The molecule has 0 radical (unpaired) electrons. The SMILES string of the molecule is c1cn2nc(-c3ccn4nc(N[C@H]5CC[C@@H](N6CCOCC6)CC5)ncc34)ccc2n1. The monoisotopic (exact) mass is 418 g/mol. The quantitative estimate of drug-likeness (QED) is 0.545. The molecule has 1 aliphatic carbocycles. The van der Waals surface area contributed by atoms with E-state index in [2.05, 4.69) is 25.3 Å². The van der Waals surface area contributed by atoms with E-state index in [4.69, 9.17) is 9.84 Å². The van der Waals surface area contributed by atoms with E-state index in [1.165, 1.54) is 12.8 Å². The van der Waals surface area contributed by atoms with Crippen molar-refractivity contribution in [1.82, 2.24) is 34.1 Å². The highest BCUT2D eigenvalue weighted by Crippen LogP contribution is 2.27. The van der Waals surface area contributed by atoms with Gasteiger partial charge in [-0.05, 0) is 43.9 Å². The first-order valence-electron chi connectivity index (χ1n) is 11.1. The molecular weight excluding hydrogens is 392 g/mol. The van der Waals surface area contributed by atoms with Gasteiger partial charge in [0, 0.05) is 49.3 Å². The summed E-state index contributed by atoms with van der Waals surface area (Å²) in [7, 11) is 0. The Morgan fingerprint density at radius 1 is 0.903 bits per heavy atom. The summed E-state index contributed by atoms with van der Waals surface area (Å²) < 4.78 is 9.15. The lowest BCUT2D eigenvalue weighted by Crippen LogP contribution is -2.46. The van der Waals surface area contributed by atoms with Crippen LogP contribution < -0.4 is 5.32 Å². The minimum Gasteiger partial charge on any atom is -0.379 e. The van der Waals surface area contributed by atoms with Crippen molar-refractivity contribution in [3.05, 3.63) is 43.0 Å². The van der Waals surface area contributed by atoms with Gasteiger partial charge in [-0.15, -0.1) is 5.10 Å². The Hall–Kier alpha value is -3.04. The van der Waals surface area contributed by atoms with E-state index in [0.717, 1.165) is 61.6 Å². The molecule has 0 unspecified atom stereocenters. The zero-order valence-electron chi connectivity index (χ0n) is 17.4. The molecule has 9 heteroatoms. The second-order valence-electron chi connectivity index (χ2n) is 8.39. The predicted octanol–water partition coefficient (Wildman–Crippen LogP) is 2.49. The Labute approximate surface area is 180 Å². The van der Waals surface area contributed by atoms with Crippen molar-refractivity contribution in [2.24, 2.45) is 0 Å². The van der Waals surface area contributed by atoms with Crippen LogP contribution >= 0.6 is 0 Å². The number of fused-ring (bicyclic) bond motifs is 2. The van der Waals surface area contributed by atoms with Crippen LogP contribution in [0.2, 0.25) is 0 Å². The van der Waals surface area contributed by atoms with E-state index >= 15 is 0 Å². The predicted molar refractivity (Wildman–Crippen MR) is 117 cm³/mol. The molecule has 1 saturated carbocycles. The maximum atomic E-state index is 5.49. The lowest BCUT2D eigenvalue weighted by Gasteiger charge is -2.38. The Balaban J connectivity index is 1.15. The number of nitrogens with one attached hydrogen (secondary N) is 1. The number of nitrogens with zero attached hydrogens (tertiary/aromatic N) is 7. The van der Waals surface area contributed by atoms with Gasteiger partial charge in [-0.2, -0.15) is 5.10 Å². The first-order valence-corrected chi connectivity index (χ1v) is 11.1. The molecule has 2 fully saturated rings. The second kappa shape index (κ2) is 7.90. The molecule has 1 saturated heterocycles. The molecule has 31 heavy (non-hydrogen) atoms. The molecule has 9 nitrogen and oxygen atoms in total. The Kier molecular flexibility index (Phi) is 4.77. The zero-order chi connectivity index (χ0) is 20.6. The van der Waals surface area contributed by atoms with E-state index in [9.17, 15) is 0 Å². The molecule has 0 amide bonds. The second-order valence-corrected chi connectivity index (χ2v) is 8.39. The molecule has 5 heterocycles. The molecule has 0 bridgehead atoms. The Bertz CT molecular complexity index is 1190. The van der Waals surface area contributed by atoms with Crippen LogP contribution in [0.4, 0.5) is 5.95 Å². The summed E-state index contributed by atoms with van der Waals surface area (Å²) >= 11 is 0. The van der Waals surface area contributed by atoms with E-state index in [0.29, 0.717) is 18.0 Å². The van der Waals surface area contributed by atoms with Gasteiger partial charge in [-0.3, -0.25) is 4.90 Å². The molecule has 2 aliphatic rings. The summed E-state index contributed by atoms with van der Waals surface area (Å²) in [6, 6.07) is 7.10. The Morgan fingerprint density at radius 3 is 2.65 bits per heavy atom. The minimum absolute atomic E-state index is 0.426. The summed E-state index contributed by atoms with van der Waals surface area (Å²) in [4.78, 5) is 11.5. The van der Waals surface area contributed by atoms with Crippen LogP contribution in [-0.4, -0.2) is 72.5 Å².